The molecule has 0 radical (unpaired) electrons. The third kappa shape index (κ3) is 2.66. The Morgan fingerprint density at radius 1 is 1.14 bits per heavy atom. The molecule has 21 heavy (non-hydrogen) atoms. The third-order valence-corrected chi connectivity index (χ3v) is 3.38. The van der Waals surface area contributed by atoms with Crippen LogP contribution in [0, 0.1) is 0 Å². The van der Waals surface area contributed by atoms with Crippen LogP contribution < -0.4 is 5.56 Å². The van der Waals surface area contributed by atoms with Crippen LogP contribution >= 0.6 is 11.6 Å². The van der Waals surface area contributed by atoms with E-state index in [1.54, 1.807) is 36.4 Å². The minimum atomic E-state index is -0.368. The number of nitrogens with zero attached hydrogens (tertiary/aromatic N) is 1. The highest BCUT2D eigenvalue weighted by atomic mass is 35.5. The number of aliphatic hydroxyl groups is 1. The highest BCUT2D eigenvalue weighted by molar-refractivity contribution is 6.32. The maximum atomic E-state index is 12.0. The quantitative estimate of drug-likeness (QED) is 0.710. The summed E-state index contributed by atoms with van der Waals surface area (Å²) in [6.45, 7) is 0. The Balaban J connectivity index is 2.13. The molecule has 5 heteroatoms. The number of aromatic amines is 1. The normalized spacial score (nSPS) is 11.8. The second kappa shape index (κ2) is 5.42. The van der Waals surface area contributed by atoms with E-state index in [1.165, 1.54) is 6.08 Å². The number of halogens is 1. The first-order valence-corrected chi connectivity index (χ1v) is 6.67. The number of aliphatic hydroxyl groups excluding tert-OH is 1. The van der Waals surface area contributed by atoms with Crippen LogP contribution in [0.5, 0.6) is 0 Å². The van der Waals surface area contributed by atoms with E-state index in [4.69, 9.17) is 11.6 Å². The number of para-hydroxylation sites is 2. The Morgan fingerprint density at radius 3 is 2.67 bits per heavy atom. The first-order chi connectivity index (χ1) is 10.1. The molecule has 0 atom stereocenters. The lowest BCUT2D eigenvalue weighted by Gasteiger charge is -2.03. The molecule has 0 spiro atoms. The fourth-order valence-electron chi connectivity index (χ4n) is 2.02. The van der Waals surface area contributed by atoms with Gasteiger partial charge in [-0.3, -0.25) is 4.79 Å². The lowest BCUT2D eigenvalue weighted by molar-refractivity contribution is 0.515. The van der Waals surface area contributed by atoms with Crippen molar-refractivity contribution >= 4 is 34.5 Å². The van der Waals surface area contributed by atoms with Gasteiger partial charge in [-0.1, -0.05) is 35.9 Å². The lowest BCUT2D eigenvalue weighted by Crippen LogP contribution is -2.12. The molecule has 0 aliphatic rings. The van der Waals surface area contributed by atoms with E-state index in [-0.39, 0.29) is 17.0 Å². The van der Waals surface area contributed by atoms with Gasteiger partial charge >= 0.3 is 0 Å². The SMILES string of the molecule is O=c1[nH]c2ccccc2nc1/C=C(\O)c1ccccc1Cl. The number of hydrogen-bond acceptors (Lipinski definition) is 3. The Bertz CT molecular complexity index is 900. The van der Waals surface area contributed by atoms with Gasteiger partial charge in [0, 0.05) is 11.6 Å². The van der Waals surface area contributed by atoms with Gasteiger partial charge in [0.25, 0.3) is 5.56 Å². The summed E-state index contributed by atoms with van der Waals surface area (Å²) < 4.78 is 0. The molecule has 1 aromatic heterocycles. The summed E-state index contributed by atoms with van der Waals surface area (Å²) in [5.41, 5.74) is 1.51. The summed E-state index contributed by atoms with van der Waals surface area (Å²) in [5.74, 6) is -0.103. The van der Waals surface area contributed by atoms with Gasteiger partial charge < -0.3 is 10.1 Å². The van der Waals surface area contributed by atoms with Crippen molar-refractivity contribution in [2.75, 3.05) is 0 Å². The van der Waals surface area contributed by atoms with Crippen molar-refractivity contribution in [2.24, 2.45) is 0 Å². The molecule has 0 unspecified atom stereocenters. The molecule has 4 nitrogen and oxygen atoms in total. The van der Waals surface area contributed by atoms with E-state index >= 15 is 0 Å². The number of nitrogens with one attached hydrogen (secondary N) is 1. The van der Waals surface area contributed by atoms with Gasteiger partial charge in [0.2, 0.25) is 0 Å². The molecule has 1 heterocycles. The van der Waals surface area contributed by atoms with E-state index in [1.807, 2.05) is 12.1 Å². The molecular formula is C16H11ClN2O2. The van der Waals surface area contributed by atoms with Crippen LogP contribution in [0.2, 0.25) is 5.02 Å². The van der Waals surface area contributed by atoms with Crippen molar-refractivity contribution in [3.8, 4) is 0 Å². The summed E-state index contributed by atoms with van der Waals surface area (Å²) in [7, 11) is 0. The summed E-state index contributed by atoms with van der Waals surface area (Å²) in [6.07, 6.45) is 1.31. The van der Waals surface area contributed by atoms with Crippen LogP contribution in [0.3, 0.4) is 0 Å². The zero-order valence-corrected chi connectivity index (χ0v) is 11.6. The van der Waals surface area contributed by atoms with Gasteiger partial charge in [-0.05, 0) is 24.3 Å². The van der Waals surface area contributed by atoms with E-state index in [0.717, 1.165) is 0 Å². The van der Waals surface area contributed by atoms with Crippen molar-refractivity contribution in [3.05, 3.63) is 75.2 Å². The number of aromatic nitrogens is 2. The van der Waals surface area contributed by atoms with Gasteiger partial charge in [0.1, 0.15) is 11.5 Å². The van der Waals surface area contributed by atoms with E-state index < -0.39 is 0 Å². The minimum absolute atomic E-state index is 0.103. The van der Waals surface area contributed by atoms with Crippen molar-refractivity contribution in [1.29, 1.82) is 0 Å². The molecule has 0 saturated carbocycles. The minimum Gasteiger partial charge on any atom is -0.507 e. The molecule has 0 saturated heterocycles. The zero-order chi connectivity index (χ0) is 14.8. The van der Waals surface area contributed by atoms with Gasteiger partial charge in [-0.2, -0.15) is 0 Å². The third-order valence-electron chi connectivity index (χ3n) is 3.05. The Labute approximate surface area is 125 Å². The van der Waals surface area contributed by atoms with Crippen LogP contribution in [0.4, 0.5) is 0 Å². The molecule has 104 valence electrons. The fourth-order valence-corrected chi connectivity index (χ4v) is 2.25. The van der Waals surface area contributed by atoms with Crippen molar-refractivity contribution in [2.45, 2.75) is 0 Å². The molecule has 2 aromatic carbocycles. The summed E-state index contributed by atoms with van der Waals surface area (Å²) in [5, 5.41) is 10.5. The second-order valence-electron chi connectivity index (χ2n) is 4.48. The predicted octanol–water partition coefficient (Wildman–Crippen LogP) is 3.63. The van der Waals surface area contributed by atoms with Crippen LogP contribution in [-0.2, 0) is 0 Å². The monoisotopic (exact) mass is 298 g/mol. The van der Waals surface area contributed by atoms with Crippen molar-refractivity contribution in [1.82, 2.24) is 9.97 Å². The van der Waals surface area contributed by atoms with Gasteiger partial charge in [-0.25, -0.2) is 4.98 Å². The fraction of sp³-hybridized carbons (Fsp3) is 0. The lowest BCUT2D eigenvalue weighted by atomic mass is 10.1. The average Bonchev–Trinajstić information content (AvgIpc) is 2.48. The standard InChI is InChI=1S/C16H11ClN2O2/c17-11-6-2-1-5-10(11)15(20)9-14-16(21)19-13-8-4-3-7-12(13)18-14/h1-9,20H,(H,19,21)/b15-9-. The molecule has 3 aromatic rings. The van der Waals surface area contributed by atoms with Crippen LogP contribution in [0.15, 0.2) is 53.3 Å². The number of rotatable bonds is 2. The molecule has 0 bridgehead atoms. The molecular weight excluding hydrogens is 288 g/mol. The zero-order valence-electron chi connectivity index (χ0n) is 10.9. The Morgan fingerprint density at radius 2 is 1.86 bits per heavy atom. The number of hydrogen-bond donors (Lipinski definition) is 2. The highest BCUT2D eigenvalue weighted by Gasteiger charge is 2.07. The molecule has 0 fully saturated rings. The highest BCUT2D eigenvalue weighted by Crippen LogP contribution is 2.22. The number of benzene rings is 2. The largest absolute Gasteiger partial charge is 0.507 e. The van der Waals surface area contributed by atoms with Crippen LogP contribution in [0.25, 0.3) is 22.9 Å². The van der Waals surface area contributed by atoms with Crippen molar-refractivity contribution in [3.63, 3.8) is 0 Å². The maximum Gasteiger partial charge on any atom is 0.274 e. The average molecular weight is 299 g/mol. The van der Waals surface area contributed by atoms with E-state index in [9.17, 15) is 9.90 Å². The van der Waals surface area contributed by atoms with E-state index in [2.05, 4.69) is 9.97 Å². The van der Waals surface area contributed by atoms with Crippen molar-refractivity contribution < 1.29 is 5.11 Å². The topological polar surface area (TPSA) is 66.0 Å². The Hall–Kier alpha value is -2.59. The summed E-state index contributed by atoms with van der Waals surface area (Å²) in [4.78, 5) is 18.9. The number of fused-ring (bicyclic) bond motifs is 1. The Kier molecular flexibility index (Phi) is 3.46. The summed E-state index contributed by atoms with van der Waals surface area (Å²) in [6, 6.07) is 14.1. The first-order valence-electron chi connectivity index (χ1n) is 6.30. The van der Waals surface area contributed by atoms with Gasteiger partial charge in [0.15, 0.2) is 0 Å². The first kappa shape index (κ1) is 13.4. The molecule has 0 amide bonds. The molecule has 0 aliphatic heterocycles. The number of H-pyrrole nitrogens is 1. The predicted molar refractivity (Wildman–Crippen MR) is 84.3 cm³/mol. The van der Waals surface area contributed by atoms with Crippen LogP contribution in [-0.4, -0.2) is 15.1 Å². The molecule has 3 rings (SSSR count). The molecule has 2 N–H and O–H groups in total. The van der Waals surface area contributed by atoms with Gasteiger partial charge in [0.05, 0.1) is 16.1 Å². The van der Waals surface area contributed by atoms with Crippen LogP contribution in [0.1, 0.15) is 11.3 Å². The van der Waals surface area contributed by atoms with E-state index in [0.29, 0.717) is 21.6 Å². The van der Waals surface area contributed by atoms with Gasteiger partial charge in [-0.15, -0.1) is 0 Å². The summed E-state index contributed by atoms with van der Waals surface area (Å²) >= 11 is 6.01. The second-order valence-corrected chi connectivity index (χ2v) is 4.88. The maximum absolute atomic E-state index is 12.0. The molecule has 0 aliphatic carbocycles. The smallest absolute Gasteiger partial charge is 0.274 e.